The van der Waals surface area contributed by atoms with Crippen LogP contribution in [0.15, 0.2) is 57.9 Å². The summed E-state index contributed by atoms with van der Waals surface area (Å²) in [6.07, 6.45) is 0.921. The summed E-state index contributed by atoms with van der Waals surface area (Å²) < 4.78 is 6.38. The number of benzene rings is 3. The Morgan fingerprint density at radius 1 is 1.00 bits per heavy atom. The molecule has 4 rings (SSSR count). The van der Waals surface area contributed by atoms with Gasteiger partial charge in [-0.2, -0.15) is 0 Å². The van der Waals surface area contributed by atoms with Gasteiger partial charge in [0.05, 0.1) is 5.36 Å². The number of rotatable bonds is 5. The second-order valence-corrected chi connectivity index (χ2v) is 7.48. The molecule has 0 spiro atoms. The average molecular weight is 399 g/mol. The van der Waals surface area contributed by atoms with E-state index in [9.17, 15) is 4.79 Å². The van der Waals surface area contributed by atoms with Gasteiger partial charge in [0, 0.05) is 53.0 Å². The van der Waals surface area contributed by atoms with Crippen LogP contribution < -0.4 is 10.7 Å². The maximum atomic E-state index is 11.8. The van der Waals surface area contributed by atoms with E-state index >= 15 is 0 Å². The van der Waals surface area contributed by atoms with Gasteiger partial charge in [0.2, 0.25) is 0 Å². The number of nitrogens with zero attached hydrogens (tertiary/aromatic N) is 1. The Hall–Kier alpha value is -3.40. The van der Waals surface area contributed by atoms with E-state index in [-0.39, 0.29) is 0 Å². The Labute approximate surface area is 176 Å². The van der Waals surface area contributed by atoms with Crippen molar-refractivity contribution in [3.63, 3.8) is 0 Å². The third-order valence-electron chi connectivity index (χ3n) is 5.44. The van der Waals surface area contributed by atoms with Crippen LogP contribution in [0, 0.1) is 13.8 Å². The first-order chi connectivity index (χ1) is 14.6. The van der Waals surface area contributed by atoms with Crippen LogP contribution in [0.4, 0.5) is 5.69 Å². The molecule has 2 aromatic carbocycles. The molecule has 1 N–H and O–H groups in total. The Kier molecular flexibility index (Phi) is 5.40. The highest BCUT2D eigenvalue weighted by atomic mass is 16.3. The zero-order valence-corrected chi connectivity index (χ0v) is 17.9. The lowest BCUT2D eigenvalue weighted by atomic mass is 9.89. The molecule has 0 unspecified atom stereocenters. The molecule has 0 radical (unpaired) electrons. The van der Waals surface area contributed by atoms with Crippen LogP contribution in [0.5, 0.6) is 0 Å². The first-order valence-electron chi connectivity index (χ1n) is 10.4. The number of nitrogens with one attached hydrogen (secondary N) is 1. The zero-order valence-electron chi connectivity index (χ0n) is 17.9. The first kappa shape index (κ1) is 19.9. The molecule has 4 heteroatoms. The predicted molar refractivity (Wildman–Crippen MR) is 123 cm³/mol. The summed E-state index contributed by atoms with van der Waals surface area (Å²) in [6, 6.07) is 16.1. The summed E-state index contributed by atoms with van der Waals surface area (Å²) in [7, 11) is 0. The summed E-state index contributed by atoms with van der Waals surface area (Å²) in [4.78, 5) is 16.4. The fourth-order valence-electron chi connectivity index (χ4n) is 4.03. The molecular formula is C26H26N2O2. The number of carbonyl (C=O) groups excluding carboxylic acids is 1. The van der Waals surface area contributed by atoms with Crippen LogP contribution in [-0.4, -0.2) is 19.4 Å². The number of hydrogen-bond acceptors (Lipinski definition) is 4. The van der Waals surface area contributed by atoms with E-state index in [0.717, 1.165) is 68.4 Å². The molecule has 4 nitrogen and oxygen atoms in total. The topological polar surface area (TPSA) is 54.6 Å². The average Bonchev–Trinajstić information content (AvgIpc) is 2.74. The van der Waals surface area contributed by atoms with Crippen LogP contribution in [-0.2, 0) is 0 Å². The fraction of sp³-hybridized carbons (Fsp3) is 0.231. The third-order valence-corrected chi connectivity index (χ3v) is 5.44. The van der Waals surface area contributed by atoms with Crippen molar-refractivity contribution in [2.24, 2.45) is 4.99 Å². The number of anilines is 1. The van der Waals surface area contributed by atoms with Crippen molar-refractivity contribution in [3.8, 4) is 22.5 Å². The molecule has 0 saturated carbocycles. The maximum absolute atomic E-state index is 11.8. The monoisotopic (exact) mass is 398 g/mol. The van der Waals surface area contributed by atoms with Gasteiger partial charge >= 0.3 is 0 Å². The van der Waals surface area contributed by atoms with E-state index in [4.69, 9.17) is 4.42 Å². The summed E-state index contributed by atoms with van der Waals surface area (Å²) in [5, 5.41) is 5.33. The van der Waals surface area contributed by atoms with Gasteiger partial charge in [-0.05, 0) is 56.5 Å². The molecule has 0 bridgehead atoms. The molecule has 1 aliphatic heterocycles. The van der Waals surface area contributed by atoms with Crippen LogP contribution in [0.3, 0.4) is 0 Å². The molecule has 2 aromatic rings. The van der Waals surface area contributed by atoms with E-state index in [0.29, 0.717) is 12.1 Å². The lowest BCUT2D eigenvalue weighted by Crippen LogP contribution is -2.09. The van der Waals surface area contributed by atoms with E-state index in [1.165, 1.54) is 0 Å². The van der Waals surface area contributed by atoms with E-state index in [2.05, 4.69) is 49.3 Å². The highest BCUT2D eigenvalue weighted by Crippen LogP contribution is 2.42. The second kappa shape index (κ2) is 8.15. The molecule has 2 aliphatic rings. The standard InChI is InChI=1S/C26H26N2O2/c1-5-27-22-13-24-20(11-16(22)3)26(19-10-8-7-9-18(19)15-29)21-12-17(4)23(28-6-2)14-25(21)30-24/h7-15,27H,5-6H2,1-4H3/b28-23-. The Balaban J connectivity index is 2.19. The molecule has 0 fully saturated rings. The van der Waals surface area contributed by atoms with Gasteiger partial charge in [0.15, 0.2) is 6.29 Å². The minimum Gasteiger partial charge on any atom is -0.456 e. The van der Waals surface area contributed by atoms with Crippen molar-refractivity contribution in [2.75, 3.05) is 18.4 Å². The van der Waals surface area contributed by atoms with Crippen LogP contribution in [0.2, 0.25) is 0 Å². The fourth-order valence-corrected chi connectivity index (χ4v) is 4.03. The van der Waals surface area contributed by atoms with E-state index < -0.39 is 0 Å². The Bertz CT molecular complexity index is 1280. The molecule has 0 amide bonds. The van der Waals surface area contributed by atoms with Gasteiger partial charge in [0.1, 0.15) is 11.3 Å². The number of aryl methyl sites for hydroxylation is 2. The molecule has 0 atom stereocenters. The quantitative estimate of drug-likeness (QED) is 0.332. The molecule has 0 saturated heterocycles. The van der Waals surface area contributed by atoms with Gasteiger partial charge < -0.3 is 9.73 Å². The minimum atomic E-state index is 0.666. The first-order valence-corrected chi connectivity index (χ1v) is 10.4. The minimum absolute atomic E-state index is 0.666. The SMILES string of the molecule is CC/N=c1/cc2oc3cc(NCC)c(C)cc3c(-c3ccccc3C=O)c-2cc1C. The van der Waals surface area contributed by atoms with Crippen molar-refractivity contribution in [1.82, 2.24) is 0 Å². The molecule has 0 aromatic heterocycles. The molecule has 1 heterocycles. The van der Waals surface area contributed by atoms with Crippen LogP contribution in [0.25, 0.3) is 33.4 Å². The number of hydrogen-bond donors (Lipinski definition) is 1. The summed E-state index contributed by atoms with van der Waals surface area (Å²) in [5.74, 6) is 0.766. The number of fused-ring (bicyclic) bond motifs is 2. The van der Waals surface area contributed by atoms with Crippen molar-refractivity contribution in [3.05, 3.63) is 70.6 Å². The molecule has 30 heavy (non-hydrogen) atoms. The summed E-state index contributed by atoms with van der Waals surface area (Å²) in [6.45, 7) is 9.80. The molecule has 1 aliphatic carbocycles. The molecular weight excluding hydrogens is 372 g/mol. The predicted octanol–water partition coefficient (Wildman–Crippen LogP) is 5.99. The van der Waals surface area contributed by atoms with Gasteiger partial charge in [-0.15, -0.1) is 0 Å². The summed E-state index contributed by atoms with van der Waals surface area (Å²) >= 11 is 0. The smallest absolute Gasteiger partial charge is 0.150 e. The van der Waals surface area contributed by atoms with Crippen LogP contribution in [0.1, 0.15) is 35.3 Å². The zero-order chi connectivity index (χ0) is 21.3. The number of aldehydes is 1. The Morgan fingerprint density at radius 2 is 1.80 bits per heavy atom. The van der Waals surface area contributed by atoms with Crippen molar-refractivity contribution >= 4 is 22.9 Å². The lowest BCUT2D eigenvalue weighted by Gasteiger charge is -2.19. The Morgan fingerprint density at radius 3 is 2.53 bits per heavy atom. The highest BCUT2D eigenvalue weighted by Gasteiger charge is 2.20. The summed E-state index contributed by atoms with van der Waals surface area (Å²) in [5.41, 5.74) is 7.64. The van der Waals surface area contributed by atoms with E-state index in [1.54, 1.807) is 0 Å². The van der Waals surface area contributed by atoms with Crippen molar-refractivity contribution in [1.29, 1.82) is 0 Å². The van der Waals surface area contributed by atoms with Crippen molar-refractivity contribution < 1.29 is 9.21 Å². The second-order valence-electron chi connectivity index (χ2n) is 7.48. The molecule has 152 valence electrons. The van der Waals surface area contributed by atoms with Gasteiger partial charge in [-0.25, -0.2) is 0 Å². The number of carbonyl (C=O) groups is 1. The highest BCUT2D eigenvalue weighted by molar-refractivity contribution is 6.06. The van der Waals surface area contributed by atoms with Gasteiger partial charge in [-0.1, -0.05) is 24.3 Å². The van der Waals surface area contributed by atoms with Crippen LogP contribution >= 0.6 is 0 Å². The third kappa shape index (κ3) is 3.39. The van der Waals surface area contributed by atoms with Gasteiger partial charge in [0.25, 0.3) is 0 Å². The van der Waals surface area contributed by atoms with Gasteiger partial charge in [-0.3, -0.25) is 9.79 Å². The maximum Gasteiger partial charge on any atom is 0.150 e. The lowest BCUT2D eigenvalue weighted by molar-refractivity contribution is 0.112. The largest absolute Gasteiger partial charge is 0.456 e. The van der Waals surface area contributed by atoms with E-state index in [1.807, 2.05) is 37.3 Å². The normalized spacial score (nSPS) is 11.9. The van der Waals surface area contributed by atoms with Crippen molar-refractivity contribution in [2.45, 2.75) is 27.7 Å².